The Morgan fingerprint density at radius 1 is 1.00 bits per heavy atom. The topological polar surface area (TPSA) is 17.1 Å². The second-order valence-electron chi connectivity index (χ2n) is 3.43. The molecule has 4 heteroatoms. The molecule has 0 aliphatic carbocycles. The molecule has 0 saturated heterocycles. The minimum Gasteiger partial charge on any atom is -0.288 e. The lowest BCUT2D eigenvalue weighted by molar-refractivity contribution is 0.103. The molecule has 17 heavy (non-hydrogen) atoms. The summed E-state index contributed by atoms with van der Waals surface area (Å²) in [4.78, 5) is 12.0. The van der Waals surface area contributed by atoms with Gasteiger partial charge in [0.1, 0.15) is 11.6 Å². The largest absolute Gasteiger partial charge is 0.288 e. The minimum atomic E-state index is -0.856. The molecule has 2 rings (SSSR count). The molecule has 0 atom stereocenters. The van der Waals surface area contributed by atoms with Crippen molar-refractivity contribution in [3.05, 3.63) is 69.7 Å². The fourth-order valence-electron chi connectivity index (χ4n) is 1.46. The van der Waals surface area contributed by atoms with Crippen LogP contribution in [0.2, 0.25) is 0 Å². The highest BCUT2D eigenvalue weighted by atomic mass is 79.9. The maximum absolute atomic E-state index is 13.4. The van der Waals surface area contributed by atoms with Crippen molar-refractivity contribution in [2.45, 2.75) is 0 Å². The summed E-state index contributed by atoms with van der Waals surface area (Å²) in [6.45, 7) is 0. The lowest BCUT2D eigenvalue weighted by Crippen LogP contribution is -2.05. The molecule has 86 valence electrons. The number of ketones is 1. The monoisotopic (exact) mass is 296 g/mol. The van der Waals surface area contributed by atoms with Gasteiger partial charge in [-0.3, -0.25) is 4.79 Å². The third-order valence-electron chi connectivity index (χ3n) is 2.29. The van der Waals surface area contributed by atoms with Crippen molar-refractivity contribution in [1.29, 1.82) is 0 Å². The van der Waals surface area contributed by atoms with Crippen molar-refractivity contribution in [3.63, 3.8) is 0 Å². The second-order valence-corrected chi connectivity index (χ2v) is 4.29. The van der Waals surface area contributed by atoms with Crippen molar-refractivity contribution in [1.82, 2.24) is 0 Å². The lowest BCUT2D eigenvalue weighted by atomic mass is 10.0. The Bertz CT molecular complexity index is 581. The van der Waals surface area contributed by atoms with Gasteiger partial charge in [-0.1, -0.05) is 28.1 Å². The zero-order valence-corrected chi connectivity index (χ0v) is 10.2. The van der Waals surface area contributed by atoms with Crippen LogP contribution in [0.25, 0.3) is 0 Å². The number of rotatable bonds is 2. The fraction of sp³-hybridized carbons (Fsp3) is 0. The van der Waals surface area contributed by atoms with Gasteiger partial charge in [-0.15, -0.1) is 0 Å². The van der Waals surface area contributed by atoms with Crippen molar-refractivity contribution >= 4 is 21.7 Å². The van der Waals surface area contributed by atoms with Crippen molar-refractivity contribution < 1.29 is 13.6 Å². The second kappa shape index (κ2) is 4.75. The van der Waals surface area contributed by atoms with E-state index >= 15 is 0 Å². The van der Waals surface area contributed by atoms with E-state index in [0.717, 1.165) is 12.1 Å². The van der Waals surface area contributed by atoms with Crippen LogP contribution in [0.15, 0.2) is 46.9 Å². The third-order valence-corrected chi connectivity index (χ3v) is 2.99. The average Bonchev–Trinajstić information content (AvgIpc) is 2.29. The molecule has 2 aromatic rings. The van der Waals surface area contributed by atoms with Crippen molar-refractivity contribution in [3.8, 4) is 0 Å². The maximum atomic E-state index is 13.4. The Kier molecular flexibility index (Phi) is 3.33. The van der Waals surface area contributed by atoms with E-state index in [1.165, 1.54) is 0 Å². The Morgan fingerprint density at radius 3 is 2.35 bits per heavy atom. The zero-order chi connectivity index (χ0) is 12.4. The molecular weight excluding hydrogens is 290 g/mol. The third kappa shape index (κ3) is 2.42. The summed E-state index contributed by atoms with van der Waals surface area (Å²) in [7, 11) is 0. The minimum absolute atomic E-state index is 0.140. The van der Waals surface area contributed by atoms with Crippen LogP contribution >= 0.6 is 15.9 Å². The lowest BCUT2D eigenvalue weighted by Gasteiger charge is -2.04. The van der Waals surface area contributed by atoms with Gasteiger partial charge in [0.2, 0.25) is 0 Å². The Hall–Kier alpha value is -1.55. The first-order valence-corrected chi connectivity index (χ1v) is 5.63. The Balaban J connectivity index is 2.48. The fourth-order valence-corrected chi connectivity index (χ4v) is 1.93. The van der Waals surface area contributed by atoms with E-state index in [-0.39, 0.29) is 5.56 Å². The summed E-state index contributed by atoms with van der Waals surface area (Å²) >= 11 is 3.22. The van der Waals surface area contributed by atoms with Crippen LogP contribution in [-0.4, -0.2) is 5.78 Å². The van der Waals surface area contributed by atoms with Gasteiger partial charge in [-0.2, -0.15) is 0 Å². The van der Waals surface area contributed by atoms with Gasteiger partial charge in [0.15, 0.2) is 5.78 Å². The van der Waals surface area contributed by atoms with E-state index < -0.39 is 17.4 Å². The molecule has 0 unspecified atom stereocenters. The van der Waals surface area contributed by atoms with Gasteiger partial charge in [-0.25, -0.2) is 8.78 Å². The molecule has 0 spiro atoms. The number of halogens is 3. The summed E-state index contributed by atoms with van der Waals surface area (Å²) < 4.78 is 26.8. The number of benzene rings is 2. The van der Waals surface area contributed by atoms with E-state index in [9.17, 15) is 13.6 Å². The standard InChI is InChI=1S/C13H7BrF2O/c14-11-4-2-1-3-9(11)13(17)10-6-5-8(15)7-12(10)16/h1-7H. The summed E-state index contributed by atoms with van der Waals surface area (Å²) in [5.41, 5.74) is 0.205. The van der Waals surface area contributed by atoms with E-state index in [0.29, 0.717) is 16.1 Å². The first-order chi connectivity index (χ1) is 8.09. The number of carbonyl (C=O) groups excluding carboxylic acids is 1. The molecule has 2 aromatic carbocycles. The van der Waals surface area contributed by atoms with Gasteiger partial charge in [0.05, 0.1) is 5.56 Å². The molecule has 1 nitrogen and oxygen atoms in total. The summed E-state index contributed by atoms with van der Waals surface area (Å²) in [6.07, 6.45) is 0. The highest BCUT2D eigenvalue weighted by molar-refractivity contribution is 9.10. The van der Waals surface area contributed by atoms with Gasteiger partial charge < -0.3 is 0 Å². The van der Waals surface area contributed by atoms with Gasteiger partial charge in [0.25, 0.3) is 0 Å². The molecule has 0 fully saturated rings. The van der Waals surface area contributed by atoms with Crippen LogP contribution < -0.4 is 0 Å². The number of carbonyl (C=O) groups is 1. The summed E-state index contributed by atoms with van der Waals surface area (Å²) in [5.74, 6) is -2.04. The molecule has 0 amide bonds. The Labute approximate surface area is 105 Å². The predicted octanol–water partition coefficient (Wildman–Crippen LogP) is 3.96. The van der Waals surface area contributed by atoms with E-state index in [1.54, 1.807) is 24.3 Å². The molecular formula is C13H7BrF2O. The summed E-state index contributed by atoms with van der Waals surface area (Å²) in [5, 5.41) is 0. The van der Waals surface area contributed by atoms with Gasteiger partial charge >= 0.3 is 0 Å². The maximum Gasteiger partial charge on any atom is 0.197 e. The quantitative estimate of drug-likeness (QED) is 0.767. The number of hydrogen-bond acceptors (Lipinski definition) is 1. The van der Waals surface area contributed by atoms with E-state index in [2.05, 4.69) is 15.9 Å². The molecule has 0 aliphatic rings. The Morgan fingerprint density at radius 2 is 1.71 bits per heavy atom. The van der Waals surface area contributed by atoms with Crippen LogP contribution in [0.4, 0.5) is 8.78 Å². The normalized spacial score (nSPS) is 10.3. The molecule has 0 heterocycles. The zero-order valence-electron chi connectivity index (χ0n) is 8.58. The van der Waals surface area contributed by atoms with Crippen molar-refractivity contribution in [2.24, 2.45) is 0 Å². The number of hydrogen-bond donors (Lipinski definition) is 0. The highest BCUT2D eigenvalue weighted by Gasteiger charge is 2.16. The average molecular weight is 297 g/mol. The first-order valence-electron chi connectivity index (χ1n) is 4.84. The van der Waals surface area contributed by atoms with E-state index in [1.807, 2.05) is 0 Å². The smallest absolute Gasteiger partial charge is 0.197 e. The highest BCUT2D eigenvalue weighted by Crippen LogP contribution is 2.21. The molecule has 0 N–H and O–H groups in total. The van der Waals surface area contributed by atoms with E-state index in [4.69, 9.17) is 0 Å². The van der Waals surface area contributed by atoms with Gasteiger partial charge in [-0.05, 0) is 24.3 Å². The SMILES string of the molecule is O=C(c1ccc(F)cc1F)c1ccccc1Br. The van der Waals surface area contributed by atoms with Crippen LogP contribution in [-0.2, 0) is 0 Å². The molecule has 0 aliphatic heterocycles. The molecule has 0 saturated carbocycles. The predicted molar refractivity (Wildman–Crippen MR) is 63.9 cm³/mol. The van der Waals surface area contributed by atoms with Crippen molar-refractivity contribution in [2.75, 3.05) is 0 Å². The molecule has 0 bridgehead atoms. The van der Waals surface area contributed by atoms with Crippen LogP contribution in [0.5, 0.6) is 0 Å². The molecule has 0 aromatic heterocycles. The van der Waals surface area contributed by atoms with Crippen LogP contribution in [0.3, 0.4) is 0 Å². The van der Waals surface area contributed by atoms with Crippen LogP contribution in [0.1, 0.15) is 15.9 Å². The molecule has 0 radical (unpaired) electrons. The summed E-state index contributed by atoms with van der Waals surface area (Å²) in [6, 6.07) is 9.61. The first kappa shape index (κ1) is 11.9. The van der Waals surface area contributed by atoms with Gasteiger partial charge in [0, 0.05) is 16.1 Å². The van der Waals surface area contributed by atoms with Crippen LogP contribution in [0, 0.1) is 11.6 Å².